The molecular formula is C15H17N3O3. The molecule has 3 rings (SSSR count). The maximum absolute atomic E-state index is 11.0. The van der Waals surface area contributed by atoms with Gasteiger partial charge in [0.25, 0.3) is 0 Å². The number of nitrogens with one attached hydrogen (secondary N) is 1. The van der Waals surface area contributed by atoms with Crippen molar-refractivity contribution in [2.45, 2.75) is 25.3 Å². The number of benzene rings is 1. The monoisotopic (exact) mass is 287 g/mol. The van der Waals surface area contributed by atoms with Crippen LogP contribution in [0.25, 0.3) is 10.9 Å². The number of ether oxygens (including phenoxy) is 1. The lowest BCUT2D eigenvalue weighted by Crippen LogP contribution is -2.43. The average molecular weight is 287 g/mol. The van der Waals surface area contributed by atoms with Gasteiger partial charge in [0.2, 0.25) is 0 Å². The van der Waals surface area contributed by atoms with E-state index in [1.165, 1.54) is 6.33 Å². The number of carboxylic acids is 1. The van der Waals surface area contributed by atoms with E-state index < -0.39 is 5.97 Å². The number of hydrogen-bond donors (Lipinski definition) is 2. The Morgan fingerprint density at radius 2 is 2.29 bits per heavy atom. The molecule has 6 nitrogen and oxygen atoms in total. The van der Waals surface area contributed by atoms with Crippen LogP contribution in [0.2, 0.25) is 0 Å². The van der Waals surface area contributed by atoms with Gasteiger partial charge in [-0.3, -0.25) is 0 Å². The molecule has 0 bridgehead atoms. The van der Waals surface area contributed by atoms with Crippen molar-refractivity contribution in [1.29, 1.82) is 0 Å². The summed E-state index contributed by atoms with van der Waals surface area (Å²) in [5, 5.41) is 13.3. The van der Waals surface area contributed by atoms with E-state index >= 15 is 0 Å². The van der Waals surface area contributed by atoms with Crippen molar-refractivity contribution in [1.82, 2.24) is 9.97 Å². The highest BCUT2D eigenvalue weighted by Gasteiger charge is 2.28. The van der Waals surface area contributed by atoms with E-state index in [-0.39, 0.29) is 11.1 Å². The Bertz CT molecular complexity index is 681. The van der Waals surface area contributed by atoms with Crippen LogP contribution >= 0.6 is 0 Å². The van der Waals surface area contributed by atoms with Crippen molar-refractivity contribution in [3.63, 3.8) is 0 Å². The van der Waals surface area contributed by atoms with E-state index in [0.717, 1.165) is 24.8 Å². The van der Waals surface area contributed by atoms with Crippen LogP contribution in [-0.2, 0) is 4.74 Å². The fourth-order valence-corrected chi connectivity index (χ4v) is 2.61. The van der Waals surface area contributed by atoms with Crippen molar-refractivity contribution in [3.05, 3.63) is 30.1 Å². The number of fused-ring (bicyclic) bond motifs is 1. The Kier molecular flexibility index (Phi) is 3.47. The van der Waals surface area contributed by atoms with Gasteiger partial charge in [-0.1, -0.05) is 0 Å². The molecule has 1 saturated heterocycles. The fraction of sp³-hybridized carbons (Fsp3) is 0.400. The summed E-state index contributed by atoms with van der Waals surface area (Å²) in [5.41, 5.74) is 0.678. The number of rotatable bonds is 3. The lowest BCUT2D eigenvalue weighted by atomic mass is 9.94. The zero-order chi connectivity index (χ0) is 14.9. The van der Waals surface area contributed by atoms with Gasteiger partial charge in [0, 0.05) is 12.0 Å². The third-order valence-electron chi connectivity index (χ3n) is 3.74. The van der Waals surface area contributed by atoms with Crippen LogP contribution in [-0.4, -0.2) is 39.8 Å². The maximum atomic E-state index is 11.0. The highest BCUT2D eigenvalue weighted by atomic mass is 16.5. The Morgan fingerprint density at radius 1 is 1.43 bits per heavy atom. The number of hydrogen-bond acceptors (Lipinski definition) is 5. The molecule has 2 heterocycles. The number of nitrogens with zero attached hydrogens (tertiary/aromatic N) is 2. The summed E-state index contributed by atoms with van der Waals surface area (Å²) >= 11 is 0. The molecule has 21 heavy (non-hydrogen) atoms. The van der Waals surface area contributed by atoms with E-state index in [2.05, 4.69) is 22.2 Å². The van der Waals surface area contributed by atoms with Crippen molar-refractivity contribution in [3.8, 4) is 0 Å². The SMILES string of the molecule is CC1(Nc2ncnc3cc(C(=O)O)ccc23)CCCOC1. The van der Waals surface area contributed by atoms with Crippen LogP contribution in [0.3, 0.4) is 0 Å². The van der Waals surface area contributed by atoms with Crippen molar-refractivity contribution in [2.24, 2.45) is 0 Å². The molecule has 1 unspecified atom stereocenters. The topological polar surface area (TPSA) is 84.3 Å². The Hall–Kier alpha value is -2.21. The first-order chi connectivity index (χ1) is 10.1. The zero-order valence-electron chi connectivity index (χ0n) is 11.8. The second kappa shape index (κ2) is 5.29. The summed E-state index contributed by atoms with van der Waals surface area (Å²) in [5.74, 6) is -0.248. The second-order valence-corrected chi connectivity index (χ2v) is 5.60. The molecule has 0 aliphatic carbocycles. The minimum Gasteiger partial charge on any atom is -0.478 e. The molecular weight excluding hydrogens is 270 g/mol. The summed E-state index contributed by atoms with van der Waals surface area (Å²) in [6.07, 6.45) is 3.46. The Balaban J connectivity index is 1.97. The van der Waals surface area contributed by atoms with E-state index in [4.69, 9.17) is 9.84 Å². The molecule has 0 radical (unpaired) electrons. The van der Waals surface area contributed by atoms with Gasteiger partial charge in [0.05, 0.1) is 23.2 Å². The number of carboxylic acid groups (broad SMARTS) is 1. The fourth-order valence-electron chi connectivity index (χ4n) is 2.61. The molecule has 2 aromatic rings. The lowest BCUT2D eigenvalue weighted by molar-refractivity contribution is 0.0539. The third kappa shape index (κ3) is 2.80. The lowest BCUT2D eigenvalue weighted by Gasteiger charge is -2.35. The molecule has 0 amide bonds. The minimum absolute atomic E-state index is 0.162. The first kappa shape index (κ1) is 13.8. The molecule has 1 fully saturated rings. The summed E-state index contributed by atoms with van der Waals surface area (Å²) in [7, 11) is 0. The first-order valence-electron chi connectivity index (χ1n) is 6.91. The smallest absolute Gasteiger partial charge is 0.335 e. The van der Waals surface area contributed by atoms with Gasteiger partial charge < -0.3 is 15.2 Å². The number of carbonyl (C=O) groups is 1. The molecule has 1 aromatic carbocycles. The number of anilines is 1. The van der Waals surface area contributed by atoms with Crippen LogP contribution in [0.1, 0.15) is 30.1 Å². The van der Waals surface area contributed by atoms with Gasteiger partial charge in [0.1, 0.15) is 12.1 Å². The van der Waals surface area contributed by atoms with E-state index in [1.54, 1.807) is 18.2 Å². The molecule has 1 aliphatic heterocycles. The average Bonchev–Trinajstić information content (AvgIpc) is 2.47. The summed E-state index contributed by atoms with van der Waals surface area (Å²) in [6.45, 7) is 3.53. The first-order valence-corrected chi connectivity index (χ1v) is 6.91. The molecule has 1 aromatic heterocycles. The zero-order valence-corrected chi connectivity index (χ0v) is 11.8. The molecule has 1 aliphatic rings. The highest BCUT2D eigenvalue weighted by Crippen LogP contribution is 2.27. The largest absolute Gasteiger partial charge is 0.478 e. The number of aromatic carboxylic acids is 1. The van der Waals surface area contributed by atoms with E-state index in [9.17, 15) is 4.79 Å². The van der Waals surface area contributed by atoms with Gasteiger partial charge in [-0.05, 0) is 38.0 Å². The normalized spacial score (nSPS) is 22.1. The van der Waals surface area contributed by atoms with Crippen molar-refractivity contribution < 1.29 is 14.6 Å². The highest BCUT2D eigenvalue weighted by molar-refractivity contribution is 5.96. The molecule has 110 valence electrons. The summed E-state index contributed by atoms with van der Waals surface area (Å²) in [4.78, 5) is 19.5. The molecule has 0 saturated carbocycles. The van der Waals surface area contributed by atoms with Gasteiger partial charge in [-0.25, -0.2) is 14.8 Å². The molecule has 0 spiro atoms. The van der Waals surface area contributed by atoms with Crippen molar-refractivity contribution >= 4 is 22.7 Å². The van der Waals surface area contributed by atoms with Gasteiger partial charge in [-0.2, -0.15) is 0 Å². The number of aromatic nitrogens is 2. The standard InChI is InChI=1S/C15H17N3O3/c1-15(5-2-6-21-8-15)18-13-11-4-3-10(14(19)20)7-12(11)16-9-17-13/h3-4,7,9H,2,5-6,8H2,1H3,(H,19,20)(H,16,17,18). The van der Waals surface area contributed by atoms with Crippen LogP contribution < -0.4 is 5.32 Å². The predicted molar refractivity (Wildman–Crippen MR) is 78.6 cm³/mol. The van der Waals surface area contributed by atoms with Gasteiger partial charge in [-0.15, -0.1) is 0 Å². The molecule has 1 atom stereocenters. The minimum atomic E-state index is -0.960. The van der Waals surface area contributed by atoms with Gasteiger partial charge >= 0.3 is 5.97 Å². The quantitative estimate of drug-likeness (QED) is 0.901. The summed E-state index contributed by atoms with van der Waals surface area (Å²) < 4.78 is 5.54. The van der Waals surface area contributed by atoms with Crippen molar-refractivity contribution in [2.75, 3.05) is 18.5 Å². The van der Waals surface area contributed by atoms with Gasteiger partial charge in [0.15, 0.2) is 0 Å². The van der Waals surface area contributed by atoms with Crippen LogP contribution in [0, 0.1) is 0 Å². The Morgan fingerprint density at radius 3 is 3.00 bits per heavy atom. The second-order valence-electron chi connectivity index (χ2n) is 5.60. The molecule has 6 heteroatoms. The van der Waals surface area contributed by atoms with Crippen LogP contribution in [0.15, 0.2) is 24.5 Å². The molecule has 2 N–H and O–H groups in total. The summed E-state index contributed by atoms with van der Waals surface area (Å²) in [6, 6.07) is 4.87. The van der Waals surface area contributed by atoms with Crippen LogP contribution in [0.5, 0.6) is 0 Å². The third-order valence-corrected chi connectivity index (χ3v) is 3.74. The van der Waals surface area contributed by atoms with E-state index in [1.807, 2.05) is 0 Å². The van der Waals surface area contributed by atoms with E-state index in [0.29, 0.717) is 17.9 Å². The maximum Gasteiger partial charge on any atom is 0.335 e. The predicted octanol–water partition coefficient (Wildman–Crippen LogP) is 2.31. The van der Waals surface area contributed by atoms with Crippen LogP contribution in [0.4, 0.5) is 5.82 Å². The Labute approximate surface area is 122 Å².